The minimum Gasteiger partial charge on any atom is -0.487 e. The van der Waals surface area contributed by atoms with Crippen molar-refractivity contribution in [3.05, 3.63) is 29.3 Å². The summed E-state index contributed by atoms with van der Waals surface area (Å²) in [4.78, 5) is 0. The van der Waals surface area contributed by atoms with E-state index in [0.717, 1.165) is 6.42 Å². The van der Waals surface area contributed by atoms with Crippen LogP contribution in [-0.2, 0) is 5.33 Å². The Labute approximate surface area is 116 Å². The van der Waals surface area contributed by atoms with Crippen LogP contribution in [0.5, 0.6) is 5.75 Å². The molecular weight excluding hydrogens is 302 g/mol. The third kappa shape index (κ3) is 4.56. The van der Waals surface area contributed by atoms with Crippen molar-refractivity contribution in [2.24, 2.45) is 11.8 Å². The van der Waals surface area contributed by atoms with E-state index in [1.807, 2.05) is 6.92 Å². The molecule has 0 saturated carbocycles. The van der Waals surface area contributed by atoms with E-state index in [2.05, 4.69) is 29.8 Å². The van der Waals surface area contributed by atoms with Gasteiger partial charge in [0, 0.05) is 5.33 Å². The molecule has 1 atom stereocenters. The minimum absolute atomic E-state index is 0.268. The zero-order valence-electron chi connectivity index (χ0n) is 11.0. The predicted molar refractivity (Wildman–Crippen MR) is 73.1 cm³/mol. The number of benzene rings is 1. The van der Waals surface area contributed by atoms with E-state index in [4.69, 9.17) is 4.74 Å². The molecule has 102 valence electrons. The van der Waals surface area contributed by atoms with Gasteiger partial charge in [-0.15, -0.1) is 0 Å². The summed E-state index contributed by atoms with van der Waals surface area (Å²) < 4.78 is 32.5. The van der Waals surface area contributed by atoms with Crippen molar-refractivity contribution < 1.29 is 13.5 Å². The van der Waals surface area contributed by atoms with Crippen LogP contribution in [0.2, 0.25) is 0 Å². The van der Waals surface area contributed by atoms with Gasteiger partial charge in [-0.1, -0.05) is 36.7 Å². The van der Waals surface area contributed by atoms with Gasteiger partial charge in [-0.05, 0) is 36.0 Å². The molecule has 0 heterocycles. The molecule has 0 saturated heterocycles. The van der Waals surface area contributed by atoms with Gasteiger partial charge in [-0.25, -0.2) is 8.78 Å². The fourth-order valence-corrected chi connectivity index (χ4v) is 2.25. The Kier molecular flexibility index (Phi) is 6.06. The number of alkyl halides is 1. The number of rotatable bonds is 6. The summed E-state index contributed by atoms with van der Waals surface area (Å²) in [6.45, 7) is 6.58. The highest BCUT2D eigenvalue weighted by molar-refractivity contribution is 9.08. The summed E-state index contributed by atoms with van der Waals surface area (Å²) in [5.74, 6) is -0.716. The molecule has 1 nitrogen and oxygen atoms in total. The Hall–Kier alpha value is -0.640. The number of hydrogen-bond donors (Lipinski definition) is 0. The normalized spacial score (nSPS) is 12.8. The maximum Gasteiger partial charge on any atom is 0.190 e. The van der Waals surface area contributed by atoms with Crippen molar-refractivity contribution in [2.45, 2.75) is 32.5 Å². The molecule has 1 unspecified atom stereocenters. The third-order valence-corrected chi connectivity index (χ3v) is 3.25. The average molecular weight is 321 g/mol. The molecule has 1 aromatic carbocycles. The van der Waals surface area contributed by atoms with E-state index in [1.165, 1.54) is 12.1 Å². The molecule has 0 spiro atoms. The van der Waals surface area contributed by atoms with Crippen molar-refractivity contribution in [3.63, 3.8) is 0 Å². The lowest BCUT2D eigenvalue weighted by atomic mass is 10.00. The first-order valence-electron chi connectivity index (χ1n) is 6.10. The first-order valence-corrected chi connectivity index (χ1v) is 7.22. The second kappa shape index (κ2) is 7.07. The van der Waals surface area contributed by atoms with Gasteiger partial charge < -0.3 is 4.74 Å². The molecule has 4 heteroatoms. The highest BCUT2D eigenvalue weighted by Crippen LogP contribution is 2.25. The van der Waals surface area contributed by atoms with Gasteiger partial charge in [-0.2, -0.15) is 0 Å². The number of hydrogen-bond acceptors (Lipinski definition) is 1. The molecule has 0 amide bonds. The Morgan fingerprint density at radius 1 is 1.17 bits per heavy atom. The molecule has 0 N–H and O–H groups in total. The van der Waals surface area contributed by atoms with E-state index in [9.17, 15) is 8.78 Å². The van der Waals surface area contributed by atoms with Crippen molar-refractivity contribution in [1.29, 1.82) is 0 Å². The summed E-state index contributed by atoms with van der Waals surface area (Å²) in [7, 11) is 0. The van der Waals surface area contributed by atoms with E-state index < -0.39 is 11.6 Å². The van der Waals surface area contributed by atoms with Crippen LogP contribution in [0.1, 0.15) is 32.8 Å². The summed E-state index contributed by atoms with van der Waals surface area (Å²) in [5.41, 5.74) is 0.563. The maximum absolute atomic E-state index is 13.6. The van der Waals surface area contributed by atoms with Crippen LogP contribution in [0.4, 0.5) is 8.78 Å². The molecule has 0 radical (unpaired) electrons. The van der Waals surface area contributed by atoms with Crippen molar-refractivity contribution in [2.75, 3.05) is 6.61 Å². The van der Waals surface area contributed by atoms with E-state index in [1.54, 1.807) is 0 Å². The van der Waals surface area contributed by atoms with Crippen molar-refractivity contribution in [3.8, 4) is 5.75 Å². The van der Waals surface area contributed by atoms with E-state index in [-0.39, 0.29) is 11.7 Å². The fraction of sp³-hybridized carbons (Fsp3) is 0.571. The molecule has 0 aliphatic rings. The molecule has 1 rings (SSSR count). The quantitative estimate of drug-likeness (QED) is 0.676. The SMILES string of the molecule is CC(C)CC(C)COc1c(F)cc(CBr)cc1F. The Morgan fingerprint density at radius 3 is 2.17 bits per heavy atom. The molecule has 18 heavy (non-hydrogen) atoms. The van der Waals surface area contributed by atoms with Gasteiger partial charge in [0.15, 0.2) is 17.4 Å². The predicted octanol–water partition coefficient (Wildman–Crippen LogP) is 4.92. The van der Waals surface area contributed by atoms with Crippen LogP contribution < -0.4 is 4.74 Å². The summed E-state index contributed by atoms with van der Waals surface area (Å²) in [6, 6.07) is 2.58. The highest BCUT2D eigenvalue weighted by atomic mass is 79.9. The van der Waals surface area contributed by atoms with Gasteiger partial charge in [0.05, 0.1) is 6.61 Å². The largest absolute Gasteiger partial charge is 0.487 e. The van der Waals surface area contributed by atoms with Crippen LogP contribution >= 0.6 is 15.9 Å². The van der Waals surface area contributed by atoms with Gasteiger partial charge in [0.25, 0.3) is 0 Å². The second-order valence-electron chi connectivity index (χ2n) is 5.07. The maximum atomic E-state index is 13.6. The van der Waals surface area contributed by atoms with Crippen LogP contribution in [0, 0.1) is 23.5 Å². The summed E-state index contributed by atoms with van der Waals surface area (Å²) in [5, 5.41) is 0.422. The fourth-order valence-electron chi connectivity index (χ4n) is 1.93. The van der Waals surface area contributed by atoms with Crippen LogP contribution in [0.15, 0.2) is 12.1 Å². The first kappa shape index (κ1) is 15.4. The van der Waals surface area contributed by atoms with E-state index >= 15 is 0 Å². The highest BCUT2D eigenvalue weighted by Gasteiger charge is 2.14. The lowest BCUT2D eigenvalue weighted by molar-refractivity contribution is 0.221. The molecule has 0 fully saturated rings. The Bertz CT molecular complexity index is 370. The minimum atomic E-state index is -0.638. The molecule has 0 aliphatic carbocycles. The zero-order valence-corrected chi connectivity index (χ0v) is 12.6. The van der Waals surface area contributed by atoms with Crippen LogP contribution in [0.3, 0.4) is 0 Å². The monoisotopic (exact) mass is 320 g/mol. The summed E-state index contributed by atoms with van der Waals surface area (Å²) in [6.07, 6.45) is 0.975. The van der Waals surface area contributed by atoms with Crippen LogP contribution in [-0.4, -0.2) is 6.61 Å². The van der Waals surface area contributed by atoms with E-state index in [0.29, 0.717) is 23.4 Å². The summed E-state index contributed by atoms with van der Waals surface area (Å²) >= 11 is 3.17. The molecule has 0 aliphatic heterocycles. The van der Waals surface area contributed by atoms with Gasteiger partial charge in [0.2, 0.25) is 0 Å². The molecular formula is C14H19BrF2O. The molecule has 0 aromatic heterocycles. The van der Waals surface area contributed by atoms with Gasteiger partial charge in [-0.3, -0.25) is 0 Å². The third-order valence-electron chi connectivity index (χ3n) is 2.60. The topological polar surface area (TPSA) is 9.23 Å². The smallest absolute Gasteiger partial charge is 0.190 e. The Morgan fingerprint density at radius 2 is 1.72 bits per heavy atom. The second-order valence-corrected chi connectivity index (χ2v) is 5.63. The lowest BCUT2D eigenvalue weighted by Crippen LogP contribution is -2.12. The van der Waals surface area contributed by atoms with Crippen LogP contribution in [0.25, 0.3) is 0 Å². The van der Waals surface area contributed by atoms with Gasteiger partial charge in [0.1, 0.15) is 0 Å². The standard InChI is InChI=1S/C14H19BrF2O/c1-9(2)4-10(3)8-18-14-12(16)5-11(7-15)6-13(14)17/h5-6,9-10H,4,7-8H2,1-3H3. The molecule has 1 aromatic rings. The number of ether oxygens (including phenoxy) is 1. The van der Waals surface area contributed by atoms with Gasteiger partial charge >= 0.3 is 0 Å². The average Bonchev–Trinajstić information content (AvgIpc) is 2.26. The van der Waals surface area contributed by atoms with Crippen molar-refractivity contribution >= 4 is 15.9 Å². The van der Waals surface area contributed by atoms with Crippen molar-refractivity contribution in [1.82, 2.24) is 0 Å². The lowest BCUT2D eigenvalue weighted by Gasteiger charge is -2.16. The Balaban J connectivity index is 2.67. The number of halogens is 3. The zero-order chi connectivity index (χ0) is 13.7. The molecule has 0 bridgehead atoms. The first-order chi connectivity index (χ1) is 8.43.